The predicted molar refractivity (Wildman–Crippen MR) is 118 cm³/mol. The van der Waals surface area contributed by atoms with Gasteiger partial charge in [0.05, 0.1) is 11.9 Å². The minimum absolute atomic E-state index is 0. The molecule has 30 heavy (non-hydrogen) atoms. The molecule has 160 valence electrons. The van der Waals surface area contributed by atoms with Crippen molar-refractivity contribution in [1.82, 2.24) is 19.5 Å². The molecule has 3 aromatic heterocycles. The highest BCUT2D eigenvalue weighted by Crippen LogP contribution is 2.39. The standard InChI is InChI=1S/C15H16FN3O.C7H9N3.2H2/c16-13-9-12(19-8-4-3-7-14(19)20)10-17-15(13)18-11-5-1-2-6-11;8-7-9-3-6(4-10-7)5-1-2-5;;/h3-4,7-11H,1-2,5-6H2,(H,17,18);3-5H,1-2H2,(H2,8,9,10);2*1H. The van der Waals surface area contributed by atoms with E-state index in [4.69, 9.17) is 5.73 Å². The number of nitrogens with two attached hydrogens (primary N) is 1. The van der Waals surface area contributed by atoms with Gasteiger partial charge in [0.1, 0.15) is 0 Å². The van der Waals surface area contributed by atoms with Crippen LogP contribution < -0.4 is 16.6 Å². The number of rotatable bonds is 4. The van der Waals surface area contributed by atoms with Crippen molar-refractivity contribution < 1.29 is 7.24 Å². The number of aromatic nitrogens is 4. The molecule has 0 radical (unpaired) electrons. The molecule has 0 saturated heterocycles. The monoisotopic (exact) mass is 412 g/mol. The third kappa shape index (κ3) is 5.00. The quantitative estimate of drug-likeness (QED) is 0.668. The van der Waals surface area contributed by atoms with E-state index in [9.17, 15) is 9.18 Å². The summed E-state index contributed by atoms with van der Waals surface area (Å²) < 4.78 is 15.5. The molecule has 0 aliphatic heterocycles. The summed E-state index contributed by atoms with van der Waals surface area (Å²) in [6.45, 7) is 0. The maximum atomic E-state index is 14.1. The predicted octanol–water partition coefficient (Wildman–Crippen LogP) is 4.15. The van der Waals surface area contributed by atoms with Crippen molar-refractivity contribution in [3.05, 3.63) is 70.8 Å². The fourth-order valence-corrected chi connectivity index (χ4v) is 3.55. The second kappa shape index (κ2) is 9.02. The lowest BCUT2D eigenvalue weighted by Gasteiger charge is -2.14. The van der Waals surface area contributed by atoms with Crippen molar-refractivity contribution in [3.63, 3.8) is 0 Å². The van der Waals surface area contributed by atoms with E-state index >= 15 is 0 Å². The molecule has 2 saturated carbocycles. The zero-order valence-corrected chi connectivity index (χ0v) is 16.7. The largest absolute Gasteiger partial charge is 0.368 e. The first kappa shape index (κ1) is 20.0. The average Bonchev–Trinajstić information content (AvgIpc) is 3.47. The van der Waals surface area contributed by atoms with E-state index in [1.54, 1.807) is 18.3 Å². The van der Waals surface area contributed by atoms with Gasteiger partial charge in [0.15, 0.2) is 11.6 Å². The van der Waals surface area contributed by atoms with Gasteiger partial charge in [-0.05, 0) is 43.2 Å². The SMILES string of the molecule is Nc1ncc(C2CC2)cn1.O=c1ccccn1-c1cnc(NC2CCCC2)c(F)c1.[HH].[HH]. The van der Waals surface area contributed by atoms with E-state index in [-0.39, 0.29) is 14.2 Å². The Morgan fingerprint density at radius 2 is 1.80 bits per heavy atom. The number of nitrogen functional groups attached to an aromatic ring is 1. The van der Waals surface area contributed by atoms with E-state index in [0.717, 1.165) is 18.8 Å². The molecule has 0 bridgehead atoms. The number of nitrogens with zero attached hydrogens (tertiary/aromatic N) is 4. The Kier molecular flexibility index (Phi) is 6.02. The highest BCUT2D eigenvalue weighted by Gasteiger charge is 2.23. The zero-order chi connectivity index (χ0) is 20.9. The minimum atomic E-state index is -0.426. The number of pyridine rings is 2. The molecule has 8 heteroatoms. The van der Waals surface area contributed by atoms with Gasteiger partial charge in [0, 0.05) is 39.6 Å². The molecule has 7 nitrogen and oxygen atoms in total. The van der Waals surface area contributed by atoms with Crippen LogP contribution in [0.1, 0.15) is 52.9 Å². The van der Waals surface area contributed by atoms with Crippen LogP contribution in [0.15, 0.2) is 53.8 Å². The van der Waals surface area contributed by atoms with Crippen LogP contribution in [0.2, 0.25) is 0 Å². The highest BCUT2D eigenvalue weighted by atomic mass is 19.1. The van der Waals surface area contributed by atoms with E-state index in [2.05, 4.69) is 20.3 Å². The Morgan fingerprint density at radius 1 is 1.07 bits per heavy atom. The molecule has 2 aliphatic rings. The molecule has 3 heterocycles. The fraction of sp³-hybridized carbons (Fsp3) is 0.364. The average molecular weight is 413 g/mol. The molecule has 3 aromatic rings. The van der Waals surface area contributed by atoms with Gasteiger partial charge in [-0.25, -0.2) is 19.3 Å². The summed E-state index contributed by atoms with van der Waals surface area (Å²) in [4.78, 5) is 23.6. The minimum Gasteiger partial charge on any atom is -0.368 e. The summed E-state index contributed by atoms with van der Waals surface area (Å²) in [7, 11) is 0. The Morgan fingerprint density at radius 3 is 2.43 bits per heavy atom. The molecule has 2 fully saturated rings. The number of hydrogen-bond acceptors (Lipinski definition) is 6. The lowest BCUT2D eigenvalue weighted by molar-refractivity contribution is 0.615. The fourth-order valence-electron chi connectivity index (χ4n) is 3.55. The molecular formula is C22H29FN6O. The van der Waals surface area contributed by atoms with Crippen molar-refractivity contribution in [2.75, 3.05) is 11.1 Å². The van der Waals surface area contributed by atoms with Gasteiger partial charge >= 0.3 is 0 Å². The van der Waals surface area contributed by atoms with Gasteiger partial charge < -0.3 is 11.1 Å². The summed E-state index contributed by atoms with van der Waals surface area (Å²) in [5.41, 5.74) is 6.79. The summed E-state index contributed by atoms with van der Waals surface area (Å²) in [6, 6.07) is 6.46. The summed E-state index contributed by atoms with van der Waals surface area (Å²) in [5, 5.41) is 3.13. The first-order chi connectivity index (χ1) is 14.6. The molecule has 0 amide bonds. The second-order valence-corrected chi connectivity index (χ2v) is 7.71. The number of nitrogens with one attached hydrogen (secondary N) is 1. The van der Waals surface area contributed by atoms with Crippen LogP contribution in [0.4, 0.5) is 16.2 Å². The highest BCUT2D eigenvalue weighted by molar-refractivity contribution is 5.43. The van der Waals surface area contributed by atoms with Gasteiger partial charge in [-0.3, -0.25) is 9.36 Å². The lowest BCUT2D eigenvalue weighted by atomic mass is 10.2. The summed E-state index contributed by atoms with van der Waals surface area (Å²) >= 11 is 0. The maximum Gasteiger partial charge on any atom is 0.255 e. The van der Waals surface area contributed by atoms with Gasteiger partial charge in [-0.1, -0.05) is 18.9 Å². The molecule has 0 unspecified atom stereocenters. The number of hydrogen-bond donors (Lipinski definition) is 2. The Hall–Kier alpha value is -3.29. The molecule has 3 N–H and O–H groups in total. The Labute approximate surface area is 177 Å². The van der Waals surface area contributed by atoms with Crippen molar-refractivity contribution in [2.24, 2.45) is 0 Å². The van der Waals surface area contributed by atoms with Crippen LogP contribution in [0.3, 0.4) is 0 Å². The van der Waals surface area contributed by atoms with Crippen LogP contribution in [-0.4, -0.2) is 25.6 Å². The Bertz CT molecular complexity index is 1050. The lowest BCUT2D eigenvalue weighted by Crippen LogP contribution is -2.18. The molecular weight excluding hydrogens is 383 g/mol. The van der Waals surface area contributed by atoms with Gasteiger partial charge in [-0.2, -0.15) is 0 Å². The van der Waals surface area contributed by atoms with Crippen LogP contribution in [0.25, 0.3) is 5.69 Å². The van der Waals surface area contributed by atoms with E-state index in [0.29, 0.717) is 17.7 Å². The summed E-state index contributed by atoms with van der Waals surface area (Å²) in [6.07, 6.45) is 13.8. The molecule has 2 aliphatic carbocycles. The van der Waals surface area contributed by atoms with E-state index in [1.807, 2.05) is 12.4 Å². The van der Waals surface area contributed by atoms with Gasteiger partial charge in [0.25, 0.3) is 5.56 Å². The van der Waals surface area contributed by atoms with Gasteiger partial charge in [-0.15, -0.1) is 0 Å². The van der Waals surface area contributed by atoms with Crippen molar-refractivity contribution in [3.8, 4) is 5.69 Å². The molecule has 0 atom stereocenters. The summed E-state index contributed by atoms with van der Waals surface area (Å²) in [5.74, 6) is 0.930. The Balaban J connectivity index is 0.000000257. The first-order valence-corrected chi connectivity index (χ1v) is 10.3. The third-order valence-electron chi connectivity index (χ3n) is 5.36. The van der Waals surface area contributed by atoms with Gasteiger partial charge in [0.2, 0.25) is 5.95 Å². The van der Waals surface area contributed by atoms with E-state index < -0.39 is 5.82 Å². The smallest absolute Gasteiger partial charge is 0.255 e. The van der Waals surface area contributed by atoms with Crippen molar-refractivity contribution in [2.45, 2.75) is 50.5 Å². The zero-order valence-electron chi connectivity index (χ0n) is 16.7. The normalized spacial score (nSPS) is 16.0. The van der Waals surface area contributed by atoms with Crippen LogP contribution in [0.5, 0.6) is 0 Å². The van der Waals surface area contributed by atoms with Crippen molar-refractivity contribution >= 4 is 11.8 Å². The number of anilines is 2. The maximum absolute atomic E-state index is 14.1. The first-order valence-electron chi connectivity index (χ1n) is 10.3. The van der Waals surface area contributed by atoms with Crippen LogP contribution >= 0.6 is 0 Å². The topological polar surface area (TPSA) is 98.7 Å². The molecule has 0 aromatic carbocycles. The third-order valence-corrected chi connectivity index (χ3v) is 5.36. The van der Waals surface area contributed by atoms with Crippen LogP contribution in [-0.2, 0) is 0 Å². The van der Waals surface area contributed by atoms with E-state index in [1.165, 1.54) is 54.1 Å². The second-order valence-electron chi connectivity index (χ2n) is 7.71. The molecule has 0 spiro atoms. The number of halogens is 1. The van der Waals surface area contributed by atoms with Crippen molar-refractivity contribution in [1.29, 1.82) is 0 Å². The molecule has 5 rings (SSSR count). The van der Waals surface area contributed by atoms with Crippen LogP contribution in [0, 0.1) is 5.82 Å².